The van der Waals surface area contributed by atoms with Crippen LogP contribution in [0.25, 0.3) is 0 Å². The van der Waals surface area contributed by atoms with Gasteiger partial charge in [-0.1, -0.05) is 6.07 Å². The van der Waals surface area contributed by atoms with E-state index in [-0.39, 0.29) is 11.5 Å². The van der Waals surface area contributed by atoms with E-state index in [1.165, 1.54) is 20.0 Å². The van der Waals surface area contributed by atoms with Crippen LogP contribution in [0, 0.1) is 6.92 Å². The molecule has 23 heavy (non-hydrogen) atoms. The molecule has 7 heteroatoms. The van der Waals surface area contributed by atoms with Gasteiger partial charge in [-0.25, -0.2) is 9.59 Å². The number of anilines is 1. The molecule has 2 aliphatic heterocycles. The summed E-state index contributed by atoms with van der Waals surface area (Å²) in [7, 11) is 0. The average Bonchev–Trinajstić information content (AvgIpc) is 2.80. The second-order valence-corrected chi connectivity index (χ2v) is 5.85. The number of carbonyl (C=O) groups is 3. The zero-order chi connectivity index (χ0) is 16.8. The second-order valence-electron chi connectivity index (χ2n) is 5.85. The molecule has 0 spiro atoms. The molecule has 120 valence electrons. The molecule has 1 amide bonds. The number of nitrogens with one attached hydrogen (secondary N) is 2. The Bertz CT molecular complexity index is 742. The maximum absolute atomic E-state index is 11.9. The van der Waals surface area contributed by atoms with Gasteiger partial charge >= 0.3 is 11.9 Å². The van der Waals surface area contributed by atoms with Gasteiger partial charge in [0.1, 0.15) is 0 Å². The van der Waals surface area contributed by atoms with Crippen molar-refractivity contribution in [3.63, 3.8) is 0 Å². The Morgan fingerprint density at radius 3 is 2.48 bits per heavy atom. The lowest BCUT2D eigenvalue weighted by Crippen LogP contribution is -2.42. The number of esters is 2. The molecular weight excluding hydrogens is 300 g/mol. The minimum absolute atomic E-state index is 0.145. The number of benzene rings is 1. The number of hydrogen-bond donors (Lipinski definition) is 2. The zero-order valence-electron chi connectivity index (χ0n) is 13.0. The largest absolute Gasteiger partial charge is 0.419 e. The number of amides is 1. The van der Waals surface area contributed by atoms with Crippen LogP contribution in [0.1, 0.15) is 35.3 Å². The Labute approximate surface area is 132 Å². The van der Waals surface area contributed by atoms with E-state index in [9.17, 15) is 14.4 Å². The summed E-state index contributed by atoms with van der Waals surface area (Å²) in [5.74, 6) is -2.92. The van der Waals surface area contributed by atoms with Gasteiger partial charge in [-0.05, 0) is 18.6 Å². The highest BCUT2D eigenvalue weighted by molar-refractivity contribution is 6.15. The van der Waals surface area contributed by atoms with Crippen LogP contribution in [0.2, 0.25) is 0 Å². The minimum Gasteiger partial charge on any atom is -0.419 e. The third-order valence-electron chi connectivity index (χ3n) is 3.67. The smallest absolute Gasteiger partial charge is 0.350 e. The molecule has 7 nitrogen and oxygen atoms in total. The van der Waals surface area contributed by atoms with Crippen molar-refractivity contribution in [1.82, 2.24) is 5.32 Å². The molecule has 1 aromatic carbocycles. The molecule has 0 saturated carbocycles. The molecular formula is C16H16N2O5. The summed E-state index contributed by atoms with van der Waals surface area (Å²) in [6, 6.07) is 3.54. The second kappa shape index (κ2) is 5.12. The van der Waals surface area contributed by atoms with Gasteiger partial charge in [-0.2, -0.15) is 0 Å². The lowest BCUT2D eigenvalue weighted by atomic mass is 10.0. The van der Waals surface area contributed by atoms with Crippen LogP contribution >= 0.6 is 0 Å². The number of hydrogen-bond acceptors (Lipinski definition) is 6. The normalized spacial score (nSPS) is 18.7. The van der Waals surface area contributed by atoms with Crippen molar-refractivity contribution in [3.05, 3.63) is 40.6 Å². The SMILES string of the molecule is Cc1ccc2c(c1NC=C1C(=O)OC(C)(C)OC1=O)CNC2=O. The molecule has 2 heterocycles. The monoisotopic (exact) mass is 316 g/mol. The summed E-state index contributed by atoms with van der Waals surface area (Å²) >= 11 is 0. The van der Waals surface area contributed by atoms with Crippen molar-refractivity contribution in [2.45, 2.75) is 33.1 Å². The first-order valence-electron chi connectivity index (χ1n) is 7.12. The Kier molecular flexibility index (Phi) is 3.35. The molecule has 3 rings (SSSR count). The summed E-state index contributed by atoms with van der Waals surface area (Å²) in [5.41, 5.74) is 2.71. The minimum atomic E-state index is -1.27. The van der Waals surface area contributed by atoms with E-state index < -0.39 is 17.7 Å². The highest BCUT2D eigenvalue weighted by Crippen LogP contribution is 2.29. The van der Waals surface area contributed by atoms with Crippen LogP contribution in [-0.4, -0.2) is 23.6 Å². The number of fused-ring (bicyclic) bond motifs is 1. The number of cyclic esters (lactones) is 2. The van der Waals surface area contributed by atoms with Crippen LogP contribution in [0.15, 0.2) is 23.9 Å². The van der Waals surface area contributed by atoms with E-state index in [1.807, 2.05) is 6.92 Å². The average molecular weight is 316 g/mol. The van der Waals surface area contributed by atoms with Gasteiger partial charge in [-0.15, -0.1) is 0 Å². The van der Waals surface area contributed by atoms with Crippen molar-refractivity contribution in [3.8, 4) is 0 Å². The van der Waals surface area contributed by atoms with E-state index in [0.717, 1.165) is 11.1 Å². The van der Waals surface area contributed by atoms with Crippen LogP contribution < -0.4 is 10.6 Å². The Balaban J connectivity index is 1.91. The van der Waals surface area contributed by atoms with Crippen molar-refractivity contribution in [1.29, 1.82) is 0 Å². The van der Waals surface area contributed by atoms with E-state index in [4.69, 9.17) is 9.47 Å². The number of aryl methyl sites for hydroxylation is 1. The van der Waals surface area contributed by atoms with Crippen LogP contribution in [0.4, 0.5) is 5.69 Å². The Morgan fingerprint density at radius 2 is 1.83 bits per heavy atom. The van der Waals surface area contributed by atoms with Gasteiger partial charge in [0.25, 0.3) is 11.7 Å². The molecule has 2 aliphatic rings. The summed E-state index contributed by atoms with van der Waals surface area (Å²) in [6.45, 7) is 5.23. The van der Waals surface area contributed by atoms with Crippen LogP contribution in [0.3, 0.4) is 0 Å². The van der Waals surface area contributed by atoms with Gasteiger partial charge in [0.05, 0.1) is 0 Å². The lowest BCUT2D eigenvalue weighted by molar-refractivity contribution is -0.222. The maximum Gasteiger partial charge on any atom is 0.350 e. The molecule has 2 N–H and O–H groups in total. The fraction of sp³-hybridized carbons (Fsp3) is 0.312. The summed E-state index contributed by atoms with van der Waals surface area (Å²) in [4.78, 5) is 35.5. The fourth-order valence-electron chi connectivity index (χ4n) is 2.55. The third kappa shape index (κ3) is 2.65. The third-order valence-corrected chi connectivity index (χ3v) is 3.67. The van der Waals surface area contributed by atoms with E-state index in [1.54, 1.807) is 12.1 Å². The lowest BCUT2D eigenvalue weighted by Gasteiger charge is -2.29. The molecule has 0 bridgehead atoms. The topological polar surface area (TPSA) is 93.7 Å². The summed E-state index contributed by atoms with van der Waals surface area (Å²) in [6.07, 6.45) is 1.26. The molecule has 0 unspecified atom stereocenters. The molecule has 1 aromatic rings. The van der Waals surface area contributed by atoms with Gasteiger partial charge in [0.15, 0.2) is 5.57 Å². The zero-order valence-corrected chi connectivity index (χ0v) is 13.0. The van der Waals surface area contributed by atoms with Gasteiger partial charge in [0.2, 0.25) is 0 Å². The first-order valence-corrected chi connectivity index (χ1v) is 7.12. The molecule has 0 radical (unpaired) electrons. The standard InChI is InChI=1S/C16H16N2O5/c1-8-4-5-9-10(6-18-13(9)19)12(8)17-7-11-14(20)22-16(2,3)23-15(11)21/h4-5,7,17H,6H2,1-3H3,(H,18,19). The fourth-order valence-corrected chi connectivity index (χ4v) is 2.55. The quantitative estimate of drug-likeness (QED) is 0.486. The maximum atomic E-state index is 11.9. The Hall–Kier alpha value is -2.83. The number of carbonyl (C=O) groups excluding carboxylic acids is 3. The summed E-state index contributed by atoms with van der Waals surface area (Å²) < 4.78 is 10.1. The van der Waals surface area contributed by atoms with E-state index in [0.29, 0.717) is 17.8 Å². The van der Waals surface area contributed by atoms with Gasteiger partial charge < -0.3 is 20.1 Å². The first-order chi connectivity index (χ1) is 10.8. The predicted molar refractivity (Wildman–Crippen MR) is 80.3 cm³/mol. The van der Waals surface area contributed by atoms with Crippen LogP contribution in [0.5, 0.6) is 0 Å². The molecule has 0 atom stereocenters. The molecule has 0 aliphatic carbocycles. The predicted octanol–water partition coefficient (Wildman–Crippen LogP) is 1.37. The van der Waals surface area contributed by atoms with Crippen molar-refractivity contribution in [2.24, 2.45) is 0 Å². The van der Waals surface area contributed by atoms with E-state index in [2.05, 4.69) is 10.6 Å². The molecule has 1 fully saturated rings. The number of rotatable bonds is 2. The van der Waals surface area contributed by atoms with Crippen molar-refractivity contribution in [2.75, 3.05) is 5.32 Å². The van der Waals surface area contributed by atoms with Crippen molar-refractivity contribution >= 4 is 23.5 Å². The highest BCUT2D eigenvalue weighted by Gasteiger charge is 2.39. The highest BCUT2D eigenvalue weighted by atomic mass is 16.7. The molecule has 0 aromatic heterocycles. The molecule has 1 saturated heterocycles. The van der Waals surface area contributed by atoms with Crippen molar-refractivity contribution < 1.29 is 23.9 Å². The summed E-state index contributed by atoms with van der Waals surface area (Å²) in [5, 5.41) is 5.67. The Morgan fingerprint density at radius 1 is 1.17 bits per heavy atom. The van der Waals surface area contributed by atoms with E-state index >= 15 is 0 Å². The first kappa shape index (κ1) is 15.1. The van der Waals surface area contributed by atoms with Crippen LogP contribution in [-0.2, 0) is 25.6 Å². The number of ether oxygens (including phenoxy) is 2. The van der Waals surface area contributed by atoms with Gasteiger partial charge in [-0.3, -0.25) is 4.79 Å². The van der Waals surface area contributed by atoms with Gasteiger partial charge in [0, 0.05) is 43.4 Å².